The molecule has 0 bridgehead atoms. The summed E-state index contributed by atoms with van der Waals surface area (Å²) in [6.07, 6.45) is 0.685. The van der Waals surface area contributed by atoms with Gasteiger partial charge in [-0.1, -0.05) is 20.8 Å². The van der Waals surface area contributed by atoms with Crippen LogP contribution in [0.3, 0.4) is 0 Å². The maximum Gasteiger partial charge on any atom is 0.153 e. The molecule has 0 atom stereocenters. The molecule has 1 N–H and O–H groups in total. The molecule has 0 aliphatic heterocycles. The zero-order valence-electron chi connectivity index (χ0n) is 9.09. The van der Waals surface area contributed by atoms with Crippen LogP contribution in [0.5, 0.6) is 5.75 Å². The van der Waals surface area contributed by atoms with Gasteiger partial charge in [-0.25, -0.2) is 0 Å². The number of aryl methyl sites for hydroxylation is 1. The normalized spacial score (nSPS) is 11.4. The molecule has 0 radical (unpaired) electrons. The fourth-order valence-corrected chi connectivity index (χ4v) is 1.61. The molecule has 1 aromatic carbocycles. The number of carbonyl (C=O) groups is 1. The molecule has 0 aliphatic carbocycles. The Bertz CT molecular complexity index is 359. The van der Waals surface area contributed by atoms with Crippen LogP contribution in [0.4, 0.5) is 0 Å². The first kappa shape index (κ1) is 10.8. The van der Waals surface area contributed by atoms with Gasteiger partial charge in [0.2, 0.25) is 0 Å². The van der Waals surface area contributed by atoms with Crippen molar-refractivity contribution in [3.8, 4) is 5.75 Å². The summed E-state index contributed by atoms with van der Waals surface area (Å²) in [6.45, 7) is 8.19. The van der Waals surface area contributed by atoms with Gasteiger partial charge in [-0.3, -0.25) is 4.79 Å². The minimum Gasteiger partial charge on any atom is -0.507 e. The van der Waals surface area contributed by atoms with Crippen LogP contribution >= 0.6 is 0 Å². The second-order valence-electron chi connectivity index (χ2n) is 4.59. The van der Waals surface area contributed by atoms with E-state index < -0.39 is 0 Å². The molecule has 2 nitrogen and oxygen atoms in total. The maximum atomic E-state index is 10.7. The quantitative estimate of drug-likeness (QED) is 0.695. The lowest BCUT2D eigenvalue weighted by Crippen LogP contribution is -2.13. The molecular weight excluding hydrogens is 176 g/mol. The summed E-state index contributed by atoms with van der Waals surface area (Å²) in [5, 5.41) is 9.45. The van der Waals surface area contributed by atoms with Crippen LogP contribution in [-0.4, -0.2) is 11.4 Å². The van der Waals surface area contributed by atoms with E-state index in [1.807, 2.05) is 6.92 Å². The minimum absolute atomic E-state index is 0.00442. The highest BCUT2D eigenvalue weighted by atomic mass is 16.3. The minimum atomic E-state index is -0.00442. The van der Waals surface area contributed by atoms with Crippen molar-refractivity contribution in [3.63, 3.8) is 0 Å². The van der Waals surface area contributed by atoms with Crippen LogP contribution < -0.4 is 0 Å². The summed E-state index contributed by atoms with van der Waals surface area (Å²) < 4.78 is 0. The van der Waals surface area contributed by atoms with E-state index in [0.29, 0.717) is 11.8 Å². The van der Waals surface area contributed by atoms with Crippen molar-refractivity contribution in [3.05, 3.63) is 28.8 Å². The lowest BCUT2D eigenvalue weighted by atomic mass is 9.83. The molecule has 0 heterocycles. The van der Waals surface area contributed by atoms with E-state index in [0.717, 1.165) is 11.1 Å². The number of hydrogen-bond acceptors (Lipinski definition) is 2. The number of carbonyl (C=O) groups excluding carboxylic acids is 1. The lowest BCUT2D eigenvalue weighted by Gasteiger charge is -2.22. The van der Waals surface area contributed by atoms with Crippen molar-refractivity contribution in [2.45, 2.75) is 33.1 Å². The van der Waals surface area contributed by atoms with Crippen molar-refractivity contribution in [2.75, 3.05) is 0 Å². The van der Waals surface area contributed by atoms with Gasteiger partial charge in [-0.05, 0) is 35.6 Å². The number of aromatic hydroxyl groups is 1. The second kappa shape index (κ2) is 3.45. The van der Waals surface area contributed by atoms with Gasteiger partial charge < -0.3 is 5.11 Å². The van der Waals surface area contributed by atoms with E-state index in [1.54, 1.807) is 12.1 Å². The highest BCUT2D eigenvalue weighted by molar-refractivity contribution is 5.80. The molecule has 0 amide bonds. The molecule has 0 aliphatic rings. The number of hydrogen-bond donors (Lipinski definition) is 1. The van der Waals surface area contributed by atoms with E-state index in [1.165, 1.54) is 0 Å². The first-order chi connectivity index (χ1) is 6.36. The van der Waals surface area contributed by atoms with Crippen molar-refractivity contribution in [2.24, 2.45) is 0 Å². The average Bonchev–Trinajstić information content (AvgIpc) is 2.02. The van der Waals surface area contributed by atoms with E-state index in [2.05, 4.69) is 20.8 Å². The van der Waals surface area contributed by atoms with Crippen LogP contribution in [0.15, 0.2) is 12.1 Å². The second-order valence-corrected chi connectivity index (χ2v) is 4.59. The number of phenols is 1. The molecule has 1 rings (SSSR count). The molecule has 2 heteroatoms. The first-order valence-electron chi connectivity index (χ1n) is 4.65. The fraction of sp³-hybridized carbons (Fsp3) is 0.417. The van der Waals surface area contributed by atoms with E-state index in [9.17, 15) is 9.90 Å². The van der Waals surface area contributed by atoms with Gasteiger partial charge in [0.15, 0.2) is 6.29 Å². The zero-order valence-corrected chi connectivity index (χ0v) is 9.09. The van der Waals surface area contributed by atoms with E-state index >= 15 is 0 Å². The van der Waals surface area contributed by atoms with Crippen LogP contribution in [-0.2, 0) is 5.41 Å². The number of benzene rings is 1. The van der Waals surface area contributed by atoms with Crippen LogP contribution in [0, 0.1) is 6.92 Å². The predicted molar refractivity (Wildman–Crippen MR) is 56.9 cm³/mol. The molecule has 0 unspecified atom stereocenters. The highest BCUT2D eigenvalue weighted by Crippen LogP contribution is 2.29. The van der Waals surface area contributed by atoms with Crippen LogP contribution in [0.2, 0.25) is 0 Å². The molecule has 0 fully saturated rings. The third-order valence-electron chi connectivity index (χ3n) is 2.31. The van der Waals surface area contributed by atoms with Gasteiger partial charge >= 0.3 is 0 Å². The Labute approximate surface area is 84.6 Å². The summed E-state index contributed by atoms with van der Waals surface area (Å²) in [6, 6.07) is 3.40. The highest BCUT2D eigenvalue weighted by Gasteiger charge is 2.18. The number of aldehydes is 1. The molecule has 0 saturated carbocycles. The van der Waals surface area contributed by atoms with Gasteiger partial charge in [-0.15, -0.1) is 0 Å². The Morgan fingerprint density at radius 2 is 1.86 bits per heavy atom. The smallest absolute Gasteiger partial charge is 0.153 e. The van der Waals surface area contributed by atoms with Gasteiger partial charge in [0.1, 0.15) is 5.75 Å². The predicted octanol–water partition coefficient (Wildman–Crippen LogP) is 2.81. The SMILES string of the molecule is Cc1cc(O)c(C=O)cc1C(C)(C)C. The molecule has 1 aromatic rings. The van der Waals surface area contributed by atoms with E-state index in [-0.39, 0.29) is 11.2 Å². The van der Waals surface area contributed by atoms with Crippen molar-refractivity contribution in [1.82, 2.24) is 0 Å². The van der Waals surface area contributed by atoms with Gasteiger partial charge in [0, 0.05) is 0 Å². The third kappa shape index (κ3) is 1.95. The number of phenolic OH excluding ortho intramolecular Hbond substituents is 1. The molecule has 14 heavy (non-hydrogen) atoms. The summed E-state index contributed by atoms with van der Waals surface area (Å²) >= 11 is 0. The standard InChI is InChI=1S/C12H16O2/c1-8-5-11(14)9(7-13)6-10(8)12(2,3)4/h5-7,14H,1-4H3. The van der Waals surface area contributed by atoms with Gasteiger partial charge in [-0.2, -0.15) is 0 Å². The maximum absolute atomic E-state index is 10.7. The Morgan fingerprint density at radius 3 is 2.29 bits per heavy atom. The summed E-state index contributed by atoms with van der Waals surface area (Å²) in [5.41, 5.74) is 2.47. The monoisotopic (exact) mass is 192 g/mol. The van der Waals surface area contributed by atoms with Gasteiger partial charge in [0.25, 0.3) is 0 Å². The summed E-state index contributed by atoms with van der Waals surface area (Å²) in [4.78, 5) is 10.7. The van der Waals surface area contributed by atoms with Gasteiger partial charge in [0.05, 0.1) is 5.56 Å². The number of rotatable bonds is 1. The molecule has 76 valence electrons. The Morgan fingerprint density at radius 1 is 1.29 bits per heavy atom. The lowest BCUT2D eigenvalue weighted by molar-refractivity contribution is 0.112. The van der Waals surface area contributed by atoms with Crippen molar-refractivity contribution >= 4 is 6.29 Å². The summed E-state index contributed by atoms with van der Waals surface area (Å²) in [5.74, 6) is 0.0606. The average molecular weight is 192 g/mol. The van der Waals surface area contributed by atoms with Crippen molar-refractivity contribution in [1.29, 1.82) is 0 Å². The molecular formula is C12H16O2. The topological polar surface area (TPSA) is 37.3 Å². The van der Waals surface area contributed by atoms with E-state index in [4.69, 9.17) is 0 Å². The molecule has 0 saturated heterocycles. The molecule has 0 spiro atoms. The largest absolute Gasteiger partial charge is 0.507 e. The first-order valence-corrected chi connectivity index (χ1v) is 4.65. The Hall–Kier alpha value is -1.31. The summed E-state index contributed by atoms with van der Waals surface area (Å²) in [7, 11) is 0. The Balaban J connectivity index is 3.39. The van der Waals surface area contributed by atoms with Crippen LogP contribution in [0.1, 0.15) is 42.3 Å². The van der Waals surface area contributed by atoms with Crippen molar-refractivity contribution < 1.29 is 9.90 Å². The molecule has 0 aromatic heterocycles. The fourth-order valence-electron chi connectivity index (χ4n) is 1.61. The Kier molecular flexibility index (Phi) is 2.65. The van der Waals surface area contributed by atoms with Crippen LogP contribution in [0.25, 0.3) is 0 Å². The zero-order chi connectivity index (χ0) is 10.9. The third-order valence-corrected chi connectivity index (χ3v) is 2.31.